The molecule has 0 bridgehead atoms. The lowest BCUT2D eigenvalue weighted by molar-refractivity contribution is -0.141. The third-order valence-corrected chi connectivity index (χ3v) is 3.25. The van der Waals surface area contributed by atoms with Crippen LogP contribution in [0.4, 0.5) is 0 Å². The van der Waals surface area contributed by atoms with Gasteiger partial charge in [0.2, 0.25) is 11.8 Å². The van der Waals surface area contributed by atoms with Gasteiger partial charge in [-0.25, -0.2) is 0 Å². The summed E-state index contributed by atoms with van der Waals surface area (Å²) in [6.45, 7) is 7.24. The Kier molecular flexibility index (Phi) is 5.41. The molecule has 1 fully saturated rings. The summed E-state index contributed by atoms with van der Waals surface area (Å²) in [6, 6.07) is 0. The van der Waals surface area contributed by atoms with E-state index >= 15 is 0 Å². The van der Waals surface area contributed by atoms with Crippen LogP contribution in [-0.4, -0.2) is 61.4 Å². The van der Waals surface area contributed by atoms with Crippen molar-refractivity contribution in [1.29, 1.82) is 0 Å². The van der Waals surface area contributed by atoms with Gasteiger partial charge in [-0.2, -0.15) is 0 Å². The number of carbonyl (C=O) groups excluding carboxylic acids is 2. The number of hydrogen-bond donors (Lipinski definition) is 1. The molecule has 2 amide bonds. The number of hydrogen-bond acceptors (Lipinski definition) is 3. The van der Waals surface area contributed by atoms with E-state index in [1.165, 1.54) is 0 Å². The minimum atomic E-state index is -0.00387. The van der Waals surface area contributed by atoms with Gasteiger partial charge < -0.3 is 15.1 Å². The standard InChI is InChI=1S/C12H23N3O2/c1-4-10(2)12(17)14(3)9-11(16)15-7-5-13-6-8-15/h10,13H,4-9H2,1-3H3. The van der Waals surface area contributed by atoms with Crippen LogP contribution in [0, 0.1) is 5.92 Å². The van der Waals surface area contributed by atoms with Crippen LogP contribution in [0.1, 0.15) is 20.3 Å². The van der Waals surface area contributed by atoms with Crippen LogP contribution in [0.5, 0.6) is 0 Å². The number of piperazine rings is 1. The van der Waals surface area contributed by atoms with E-state index in [9.17, 15) is 9.59 Å². The summed E-state index contributed by atoms with van der Waals surface area (Å²) in [7, 11) is 1.70. The molecule has 5 heteroatoms. The lowest BCUT2D eigenvalue weighted by atomic mass is 10.1. The minimum absolute atomic E-state index is 0.00387. The average molecular weight is 241 g/mol. The zero-order valence-electron chi connectivity index (χ0n) is 11.0. The van der Waals surface area contributed by atoms with Gasteiger partial charge in [-0.05, 0) is 6.42 Å². The Morgan fingerprint density at radius 2 is 1.94 bits per heavy atom. The van der Waals surface area contributed by atoms with E-state index in [-0.39, 0.29) is 24.3 Å². The number of rotatable bonds is 4. The molecule has 0 radical (unpaired) electrons. The molecule has 1 unspecified atom stereocenters. The maximum Gasteiger partial charge on any atom is 0.242 e. The third-order valence-electron chi connectivity index (χ3n) is 3.25. The molecule has 1 heterocycles. The predicted octanol–water partition coefficient (Wildman–Crippen LogP) is -0.0773. The highest BCUT2D eigenvalue weighted by Gasteiger charge is 2.21. The summed E-state index contributed by atoms with van der Waals surface area (Å²) < 4.78 is 0. The van der Waals surface area contributed by atoms with Crippen molar-refractivity contribution in [2.75, 3.05) is 39.8 Å². The van der Waals surface area contributed by atoms with Gasteiger partial charge in [-0.1, -0.05) is 13.8 Å². The van der Waals surface area contributed by atoms with Crippen LogP contribution >= 0.6 is 0 Å². The molecule has 98 valence electrons. The van der Waals surface area contributed by atoms with Crippen molar-refractivity contribution in [3.63, 3.8) is 0 Å². The Morgan fingerprint density at radius 3 is 2.47 bits per heavy atom. The number of amides is 2. The quantitative estimate of drug-likeness (QED) is 0.749. The highest BCUT2D eigenvalue weighted by molar-refractivity contribution is 5.85. The van der Waals surface area contributed by atoms with Crippen molar-refractivity contribution in [1.82, 2.24) is 15.1 Å². The van der Waals surface area contributed by atoms with Crippen molar-refractivity contribution in [2.24, 2.45) is 5.92 Å². The average Bonchev–Trinajstić information content (AvgIpc) is 2.37. The summed E-state index contributed by atoms with van der Waals surface area (Å²) in [5, 5.41) is 3.20. The number of nitrogens with zero attached hydrogens (tertiary/aromatic N) is 2. The first kappa shape index (κ1) is 14.0. The maximum atomic E-state index is 11.9. The molecule has 1 aliphatic rings. The molecular formula is C12H23N3O2. The van der Waals surface area contributed by atoms with E-state index in [0.717, 1.165) is 32.6 Å². The second kappa shape index (κ2) is 6.59. The molecule has 1 N–H and O–H groups in total. The molecule has 1 atom stereocenters. The van der Waals surface area contributed by atoms with Crippen molar-refractivity contribution in [3.05, 3.63) is 0 Å². The first-order valence-corrected chi connectivity index (χ1v) is 6.29. The molecule has 5 nitrogen and oxygen atoms in total. The van der Waals surface area contributed by atoms with E-state index in [1.807, 2.05) is 18.7 Å². The smallest absolute Gasteiger partial charge is 0.242 e. The molecule has 0 spiro atoms. The van der Waals surface area contributed by atoms with Gasteiger partial charge in [-0.15, -0.1) is 0 Å². The summed E-state index contributed by atoms with van der Waals surface area (Å²) in [6.07, 6.45) is 0.811. The summed E-state index contributed by atoms with van der Waals surface area (Å²) in [5.41, 5.74) is 0. The Labute approximate surface area is 103 Å². The zero-order valence-corrected chi connectivity index (χ0v) is 11.0. The fourth-order valence-electron chi connectivity index (χ4n) is 1.85. The molecule has 17 heavy (non-hydrogen) atoms. The lowest BCUT2D eigenvalue weighted by Gasteiger charge is -2.29. The Balaban J connectivity index is 2.41. The normalized spacial score (nSPS) is 17.7. The van der Waals surface area contributed by atoms with Crippen LogP contribution < -0.4 is 5.32 Å². The predicted molar refractivity (Wildman–Crippen MR) is 66.5 cm³/mol. The zero-order chi connectivity index (χ0) is 12.8. The molecule has 1 saturated heterocycles. The Bertz CT molecular complexity index is 275. The highest BCUT2D eigenvalue weighted by Crippen LogP contribution is 2.05. The SMILES string of the molecule is CCC(C)C(=O)N(C)CC(=O)N1CCNCC1. The molecule has 1 aliphatic heterocycles. The van der Waals surface area contributed by atoms with Crippen molar-refractivity contribution in [3.8, 4) is 0 Å². The van der Waals surface area contributed by atoms with Crippen molar-refractivity contribution >= 4 is 11.8 Å². The molecule has 0 aromatic rings. The van der Waals surface area contributed by atoms with Crippen molar-refractivity contribution < 1.29 is 9.59 Å². The molecule has 0 aliphatic carbocycles. The van der Waals surface area contributed by atoms with Crippen LogP contribution in [0.25, 0.3) is 0 Å². The molecule has 1 rings (SSSR count). The largest absolute Gasteiger partial charge is 0.339 e. The molecular weight excluding hydrogens is 218 g/mol. The first-order chi connectivity index (χ1) is 8.06. The molecule has 0 aromatic heterocycles. The van der Waals surface area contributed by atoms with Crippen LogP contribution in [0.2, 0.25) is 0 Å². The highest BCUT2D eigenvalue weighted by atomic mass is 16.2. The Morgan fingerprint density at radius 1 is 1.35 bits per heavy atom. The second-order valence-corrected chi connectivity index (χ2v) is 4.63. The Hall–Kier alpha value is -1.10. The van der Waals surface area contributed by atoms with Crippen molar-refractivity contribution in [2.45, 2.75) is 20.3 Å². The molecule has 0 aromatic carbocycles. The van der Waals surface area contributed by atoms with Crippen LogP contribution in [0.15, 0.2) is 0 Å². The topological polar surface area (TPSA) is 52.7 Å². The minimum Gasteiger partial charge on any atom is -0.339 e. The fraction of sp³-hybridized carbons (Fsp3) is 0.833. The molecule has 0 saturated carbocycles. The van der Waals surface area contributed by atoms with Gasteiger partial charge >= 0.3 is 0 Å². The monoisotopic (exact) mass is 241 g/mol. The van der Waals surface area contributed by atoms with Crippen LogP contribution in [-0.2, 0) is 9.59 Å². The second-order valence-electron chi connectivity index (χ2n) is 4.63. The number of nitrogens with one attached hydrogen (secondary N) is 1. The fourth-order valence-corrected chi connectivity index (χ4v) is 1.85. The summed E-state index contributed by atoms with van der Waals surface area (Å²) in [4.78, 5) is 27.1. The van der Waals surface area contributed by atoms with E-state index in [1.54, 1.807) is 11.9 Å². The van der Waals surface area contributed by atoms with E-state index in [4.69, 9.17) is 0 Å². The van der Waals surface area contributed by atoms with E-state index in [2.05, 4.69) is 5.32 Å². The maximum absolute atomic E-state index is 11.9. The van der Waals surface area contributed by atoms with Gasteiger partial charge in [0.1, 0.15) is 0 Å². The van der Waals surface area contributed by atoms with Gasteiger partial charge in [0, 0.05) is 39.1 Å². The van der Waals surface area contributed by atoms with Gasteiger partial charge in [0.15, 0.2) is 0 Å². The third kappa shape index (κ3) is 4.00. The first-order valence-electron chi connectivity index (χ1n) is 6.29. The number of likely N-dealkylation sites (N-methyl/N-ethyl adjacent to an activating group) is 1. The van der Waals surface area contributed by atoms with Gasteiger partial charge in [-0.3, -0.25) is 9.59 Å². The summed E-state index contributed by atoms with van der Waals surface area (Å²) >= 11 is 0. The van der Waals surface area contributed by atoms with E-state index in [0.29, 0.717) is 0 Å². The van der Waals surface area contributed by atoms with Crippen LogP contribution in [0.3, 0.4) is 0 Å². The lowest BCUT2D eigenvalue weighted by Crippen LogP contribution is -2.50. The van der Waals surface area contributed by atoms with E-state index < -0.39 is 0 Å². The summed E-state index contributed by atoms with van der Waals surface area (Å²) in [5.74, 6) is 0.0949. The van der Waals surface area contributed by atoms with Gasteiger partial charge in [0.25, 0.3) is 0 Å². The number of carbonyl (C=O) groups is 2. The van der Waals surface area contributed by atoms with Gasteiger partial charge in [0.05, 0.1) is 6.54 Å².